The van der Waals surface area contributed by atoms with Crippen LogP contribution >= 0.6 is 0 Å². The van der Waals surface area contributed by atoms with Crippen LogP contribution in [0.15, 0.2) is 48.5 Å². The summed E-state index contributed by atoms with van der Waals surface area (Å²) in [6.45, 7) is 0.191. The van der Waals surface area contributed by atoms with Crippen molar-refractivity contribution in [2.75, 3.05) is 6.54 Å². The zero-order valence-corrected chi connectivity index (χ0v) is 14.6. The minimum Gasteiger partial charge on any atom is -0.390 e. The van der Waals surface area contributed by atoms with Crippen LogP contribution in [0.1, 0.15) is 34.1 Å². The Morgan fingerprint density at radius 1 is 1.15 bits per heavy atom. The number of hydrogen-bond donors (Lipinski definition) is 4. The van der Waals surface area contributed by atoms with Gasteiger partial charge in [-0.3, -0.25) is 14.7 Å². The molecule has 0 fully saturated rings. The molecule has 1 aromatic heterocycles. The lowest BCUT2D eigenvalue weighted by Crippen LogP contribution is -2.36. The van der Waals surface area contributed by atoms with E-state index in [1.165, 1.54) is 0 Å². The molecule has 2 atom stereocenters. The van der Waals surface area contributed by atoms with Crippen molar-refractivity contribution < 1.29 is 14.7 Å². The third kappa shape index (κ3) is 3.41. The average Bonchev–Trinajstić information content (AvgIpc) is 3.23. The molecular formula is C20H20N4O3. The maximum Gasteiger partial charge on any atom is 0.272 e. The number of aromatic amines is 1. The molecule has 0 aliphatic heterocycles. The Hall–Kier alpha value is -3.19. The number of carbonyl (C=O) groups excluding carboxylic acids is 2. The van der Waals surface area contributed by atoms with E-state index in [9.17, 15) is 14.7 Å². The second kappa shape index (κ2) is 7.20. The summed E-state index contributed by atoms with van der Waals surface area (Å²) in [4.78, 5) is 24.5. The molecule has 1 aliphatic rings. The summed E-state index contributed by atoms with van der Waals surface area (Å²) in [5.74, 6) is -0.547. The first-order valence-corrected chi connectivity index (χ1v) is 8.90. The van der Waals surface area contributed by atoms with Crippen molar-refractivity contribution in [3.05, 3.63) is 65.4 Å². The minimum absolute atomic E-state index is 0.124. The van der Waals surface area contributed by atoms with Crippen molar-refractivity contribution in [1.82, 2.24) is 20.8 Å². The molecule has 0 spiro atoms. The van der Waals surface area contributed by atoms with Crippen LogP contribution in [0.3, 0.4) is 0 Å². The van der Waals surface area contributed by atoms with Crippen LogP contribution < -0.4 is 10.6 Å². The van der Waals surface area contributed by atoms with Gasteiger partial charge in [-0.1, -0.05) is 42.5 Å². The van der Waals surface area contributed by atoms with Crippen LogP contribution in [0.25, 0.3) is 10.9 Å². The number of nitrogens with zero attached hydrogens (tertiary/aromatic N) is 1. The van der Waals surface area contributed by atoms with Gasteiger partial charge in [-0.2, -0.15) is 5.10 Å². The van der Waals surface area contributed by atoms with E-state index in [4.69, 9.17) is 0 Å². The zero-order valence-electron chi connectivity index (χ0n) is 14.6. The molecule has 7 heteroatoms. The largest absolute Gasteiger partial charge is 0.390 e. The fourth-order valence-electron chi connectivity index (χ4n) is 3.50. The Morgan fingerprint density at radius 2 is 1.93 bits per heavy atom. The van der Waals surface area contributed by atoms with Crippen LogP contribution in [0.5, 0.6) is 0 Å². The van der Waals surface area contributed by atoms with Crippen LogP contribution in [-0.4, -0.2) is 39.8 Å². The van der Waals surface area contributed by atoms with Crippen LogP contribution in [0, 0.1) is 0 Å². The molecule has 1 heterocycles. The van der Waals surface area contributed by atoms with E-state index in [1.807, 2.05) is 48.5 Å². The van der Waals surface area contributed by atoms with E-state index in [0.717, 1.165) is 22.0 Å². The first-order chi connectivity index (χ1) is 13.1. The zero-order chi connectivity index (χ0) is 18.8. The second-order valence-electron chi connectivity index (χ2n) is 6.64. The van der Waals surface area contributed by atoms with E-state index < -0.39 is 12.1 Å². The van der Waals surface area contributed by atoms with Gasteiger partial charge in [-0.25, -0.2) is 0 Å². The lowest BCUT2D eigenvalue weighted by molar-refractivity contribution is -0.122. The van der Waals surface area contributed by atoms with Crippen molar-refractivity contribution in [3.63, 3.8) is 0 Å². The van der Waals surface area contributed by atoms with Crippen LogP contribution in [-0.2, 0) is 11.2 Å². The van der Waals surface area contributed by atoms with Crippen molar-refractivity contribution in [2.24, 2.45) is 0 Å². The predicted molar refractivity (Wildman–Crippen MR) is 100 cm³/mol. The van der Waals surface area contributed by atoms with Gasteiger partial charge in [-0.15, -0.1) is 0 Å². The smallest absolute Gasteiger partial charge is 0.272 e. The van der Waals surface area contributed by atoms with E-state index in [2.05, 4.69) is 20.8 Å². The maximum atomic E-state index is 12.3. The normalized spacial score (nSPS) is 18.3. The monoisotopic (exact) mass is 364 g/mol. The lowest BCUT2D eigenvalue weighted by Gasteiger charge is -2.18. The van der Waals surface area contributed by atoms with Gasteiger partial charge >= 0.3 is 0 Å². The Bertz CT molecular complexity index is 998. The van der Waals surface area contributed by atoms with Gasteiger partial charge in [-0.05, 0) is 17.2 Å². The molecule has 0 saturated carbocycles. The summed E-state index contributed by atoms with van der Waals surface area (Å²) >= 11 is 0. The quantitative estimate of drug-likeness (QED) is 0.550. The first kappa shape index (κ1) is 17.2. The van der Waals surface area contributed by atoms with E-state index in [0.29, 0.717) is 12.1 Å². The second-order valence-corrected chi connectivity index (χ2v) is 6.64. The number of H-pyrrole nitrogens is 1. The summed E-state index contributed by atoms with van der Waals surface area (Å²) in [6, 6.07) is 14.7. The number of aliphatic hydroxyl groups is 1. The summed E-state index contributed by atoms with van der Waals surface area (Å²) in [7, 11) is 0. The van der Waals surface area contributed by atoms with Gasteiger partial charge < -0.3 is 15.7 Å². The third-order valence-corrected chi connectivity index (χ3v) is 4.84. The molecule has 1 aliphatic carbocycles. The number of hydrogen-bond acceptors (Lipinski definition) is 4. The van der Waals surface area contributed by atoms with Crippen molar-refractivity contribution in [3.8, 4) is 0 Å². The van der Waals surface area contributed by atoms with Crippen molar-refractivity contribution in [2.45, 2.75) is 25.0 Å². The summed E-state index contributed by atoms with van der Waals surface area (Å²) in [5, 5.41) is 23.4. The highest BCUT2D eigenvalue weighted by molar-refractivity contribution is 6.04. The van der Waals surface area contributed by atoms with Crippen molar-refractivity contribution in [1.29, 1.82) is 0 Å². The topological polar surface area (TPSA) is 107 Å². The highest BCUT2D eigenvalue weighted by atomic mass is 16.3. The van der Waals surface area contributed by atoms with Gasteiger partial charge in [0.2, 0.25) is 5.91 Å². The molecule has 2 amide bonds. The van der Waals surface area contributed by atoms with Gasteiger partial charge in [0.25, 0.3) is 5.91 Å². The first-order valence-electron chi connectivity index (χ1n) is 8.90. The fraction of sp³-hybridized carbons (Fsp3) is 0.250. The Morgan fingerprint density at radius 3 is 2.81 bits per heavy atom. The average molecular weight is 364 g/mol. The number of nitrogens with one attached hydrogen (secondary N) is 3. The van der Waals surface area contributed by atoms with Gasteiger partial charge in [0, 0.05) is 24.8 Å². The summed E-state index contributed by atoms with van der Waals surface area (Å²) in [6.07, 6.45) is 0.0280. The molecule has 27 heavy (non-hydrogen) atoms. The Balaban J connectivity index is 1.32. The Kier molecular flexibility index (Phi) is 4.60. The van der Waals surface area contributed by atoms with Crippen LogP contribution in [0.4, 0.5) is 0 Å². The summed E-state index contributed by atoms with van der Waals surface area (Å²) < 4.78 is 0. The minimum atomic E-state index is -0.628. The molecule has 0 saturated heterocycles. The standard InChI is InChI=1S/C20H20N4O3/c25-16-11-12-5-1-2-6-13(12)18(16)22-17(26)9-10-21-20(27)19-14-7-3-4-8-15(14)23-24-19/h1-8,16,18,25H,9-11H2,(H,21,27)(H,22,26)(H,23,24)/t16-,18+/m0/s1. The number of fused-ring (bicyclic) bond motifs is 2. The molecule has 0 radical (unpaired) electrons. The predicted octanol–water partition coefficient (Wildman–Crippen LogP) is 1.46. The molecule has 0 unspecified atom stereocenters. The molecule has 4 rings (SSSR count). The highest BCUT2D eigenvalue weighted by Crippen LogP contribution is 2.31. The molecule has 138 valence electrons. The van der Waals surface area contributed by atoms with Gasteiger partial charge in [0.15, 0.2) is 5.69 Å². The van der Waals surface area contributed by atoms with Gasteiger partial charge in [0.05, 0.1) is 17.7 Å². The molecule has 7 nitrogen and oxygen atoms in total. The maximum absolute atomic E-state index is 12.3. The number of benzene rings is 2. The molecular weight excluding hydrogens is 344 g/mol. The number of para-hydroxylation sites is 1. The third-order valence-electron chi connectivity index (χ3n) is 4.84. The number of amides is 2. The van der Waals surface area contributed by atoms with Crippen LogP contribution in [0.2, 0.25) is 0 Å². The number of rotatable bonds is 5. The molecule has 0 bridgehead atoms. The SMILES string of the molecule is O=C(CCNC(=O)c1n[nH]c2ccccc12)N[C@@H]1c2ccccc2C[C@@H]1O. The lowest BCUT2D eigenvalue weighted by atomic mass is 10.1. The highest BCUT2D eigenvalue weighted by Gasteiger charge is 2.31. The van der Waals surface area contributed by atoms with Crippen molar-refractivity contribution >= 4 is 22.7 Å². The molecule has 2 aromatic carbocycles. The Labute approximate surface area is 155 Å². The molecule has 3 aromatic rings. The molecule has 4 N–H and O–H groups in total. The number of aliphatic hydroxyl groups excluding tert-OH is 1. The van der Waals surface area contributed by atoms with E-state index >= 15 is 0 Å². The fourth-order valence-corrected chi connectivity index (χ4v) is 3.50. The van der Waals surface area contributed by atoms with E-state index in [-0.39, 0.29) is 24.8 Å². The number of aromatic nitrogens is 2. The van der Waals surface area contributed by atoms with E-state index in [1.54, 1.807) is 0 Å². The number of carbonyl (C=O) groups is 2. The van der Waals surface area contributed by atoms with Gasteiger partial charge in [0.1, 0.15) is 0 Å². The summed E-state index contributed by atoms with van der Waals surface area (Å²) in [5.41, 5.74) is 3.10.